The van der Waals surface area contributed by atoms with Crippen LogP contribution in [-0.4, -0.2) is 58.2 Å². The van der Waals surface area contributed by atoms with Gasteiger partial charge in [-0.3, -0.25) is 14.9 Å². The summed E-state index contributed by atoms with van der Waals surface area (Å²) in [7, 11) is -7.85. The second-order valence-electron chi connectivity index (χ2n) is 8.22. The molecule has 0 aromatic heterocycles. The molecule has 0 spiro atoms. The van der Waals surface area contributed by atoms with Gasteiger partial charge in [-0.05, 0) is 51.3 Å². The van der Waals surface area contributed by atoms with Gasteiger partial charge in [0.25, 0.3) is 10.0 Å². The number of sulfonamides is 2. The van der Waals surface area contributed by atoms with Gasteiger partial charge in [-0.15, -0.1) is 0 Å². The summed E-state index contributed by atoms with van der Waals surface area (Å²) >= 11 is 0. The van der Waals surface area contributed by atoms with Crippen molar-refractivity contribution in [3.05, 3.63) is 23.8 Å². The topological polar surface area (TPSA) is 134 Å². The normalized spacial score (nSPS) is 25.3. The highest BCUT2D eigenvalue weighted by molar-refractivity contribution is 7.93. The van der Waals surface area contributed by atoms with Gasteiger partial charge in [-0.2, -0.15) is 4.31 Å². The predicted molar refractivity (Wildman–Crippen MR) is 121 cm³/mol. The lowest BCUT2D eigenvalue weighted by Crippen LogP contribution is -2.44. The number of anilines is 1. The average Bonchev–Trinajstić information content (AvgIpc) is 2.94. The van der Waals surface area contributed by atoms with Crippen LogP contribution in [0.1, 0.15) is 45.1 Å². The fraction of sp³-hybridized carbons (Fsp3) is 0.650. The summed E-state index contributed by atoms with van der Waals surface area (Å²) in [6, 6.07) is 3.97. The minimum atomic E-state index is -4.10. The van der Waals surface area contributed by atoms with Gasteiger partial charge < -0.3 is 4.74 Å². The van der Waals surface area contributed by atoms with Crippen molar-refractivity contribution >= 4 is 31.7 Å². The van der Waals surface area contributed by atoms with Crippen molar-refractivity contribution in [2.75, 3.05) is 24.4 Å². The molecule has 3 N–H and O–H groups in total. The summed E-state index contributed by atoms with van der Waals surface area (Å²) in [5.41, 5.74) is 6.07. The van der Waals surface area contributed by atoms with E-state index >= 15 is 0 Å². The third kappa shape index (κ3) is 5.25. The van der Waals surface area contributed by atoms with Crippen molar-refractivity contribution in [1.82, 2.24) is 15.2 Å². The first-order chi connectivity index (χ1) is 15.1. The molecule has 2 heterocycles. The molecule has 3 unspecified atom stereocenters. The first-order valence-corrected chi connectivity index (χ1v) is 13.9. The molecule has 10 nitrogen and oxygen atoms in total. The number of aryl methyl sites for hydroxylation is 1. The van der Waals surface area contributed by atoms with Gasteiger partial charge in [0.1, 0.15) is 5.92 Å². The number of ether oxygens (including phenoxy) is 1. The van der Waals surface area contributed by atoms with Crippen LogP contribution >= 0.6 is 0 Å². The van der Waals surface area contributed by atoms with E-state index in [2.05, 4.69) is 15.6 Å². The Kier molecular flexibility index (Phi) is 7.81. The Bertz CT molecular complexity index is 1040. The van der Waals surface area contributed by atoms with Crippen LogP contribution in [0.5, 0.6) is 0 Å². The summed E-state index contributed by atoms with van der Waals surface area (Å²) in [5.74, 6) is -1.58. The van der Waals surface area contributed by atoms with E-state index in [0.717, 1.165) is 25.7 Å². The minimum absolute atomic E-state index is 0.0763. The van der Waals surface area contributed by atoms with Gasteiger partial charge in [-0.1, -0.05) is 18.9 Å². The Balaban J connectivity index is 1.87. The van der Waals surface area contributed by atoms with Crippen LogP contribution in [0.4, 0.5) is 5.69 Å². The van der Waals surface area contributed by atoms with Crippen LogP contribution in [0.2, 0.25) is 0 Å². The van der Waals surface area contributed by atoms with E-state index < -0.39 is 43.3 Å². The number of nitrogens with one attached hydrogen (secondary N) is 3. The summed E-state index contributed by atoms with van der Waals surface area (Å²) in [6.45, 7) is 6.06. The molecule has 32 heavy (non-hydrogen) atoms. The molecule has 2 saturated heterocycles. The van der Waals surface area contributed by atoms with Gasteiger partial charge in [0.05, 0.1) is 11.5 Å². The number of hydrogen-bond donors (Lipinski definition) is 3. The second-order valence-corrected chi connectivity index (χ2v) is 11.9. The van der Waals surface area contributed by atoms with Crippen LogP contribution in [0.25, 0.3) is 0 Å². The van der Waals surface area contributed by atoms with Crippen molar-refractivity contribution in [3.63, 3.8) is 0 Å². The molecule has 2 fully saturated rings. The molecule has 0 amide bonds. The molecule has 0 radical (unpaired) electrons. The maximum atomic E-state index is 13.3. The maximum absolute atomic E-state index is 13.3. The zero-order chi connectivity index (χ0) is 23.5. The lowest BCUT2D eigenvalue weighted by atomic mass is 10.0. The Morgan fingerprint density at radius 1 is 1.12 bits per heavy atom. The first kappa shape index (κ1) is 24.9. The van der Waals surface area contributed by atoms with Crippen molar-refractivity contribution in [2.24, 2.45) is 5.92 Å². The number of rotatable bonds is 7. The molecule has 0 saturated carbocycles. The molecule has 2 aliphatic heterocycles. The smallest absolute Gasteiger partial charge is 0.313 e. The molecular weight excluding hydrogens is 456 g/mol. The van der Waals surface area contributed by atoms with E-state index in [9.17, 15) is 21.6 Å². The van der Waals surface area contributed by atoms with Gasteiger partial charge in [0.2, 0.25) is 10.0 Å². The average molecular weight is 489 g/mol. The van der Waals surface area contributed by atoms with E-state index in [-0.39, 0.29) is 17.2 Å². The lowest BCUT2D eigenvalue weighted by molar-refractivity contribution is -0.148. The van der Waals surface area contributed by atoms with Crippen molar-refractivity contribution in [3.8, 4) is 0 Å². The quantitative estimate of drug-likeness (QED) is 0.489. The highest BCUT2D eigenvalue weighted by atomic mass is 32.2. The monoisotopic (exact) mass is 488 g/mol. The fourth-order valence-corrected chi connectivity index (χ4v) is 7.39. The number of hydrogen-bond acceptors (Lipinski definition) is 8. The van der Waals surface area contributed by atoms with Crippen molar-refractivity contribution in [2.45, 2.75) is 62.8 Å². The third-order valence-corrected chi connectivity index (χ3v) is 9.48. The molecule has 3 atom stereocenters. The van der Waals surface area contributed by atoms with Crippen LogP contribution in [-0.2, 0) is 29.6 Å². The molecule has 1 aromatic rings. The van der Waals surface area contributed by atoms with Crippen molar-refractivity contribution in [1.29, 1.82) is 0 Å². The van der Waals surface area contributed by atoms with E-state index in [4.69, 9.17) is 4.74 Å². The van der Waals surface area contributed by atoms with Crippen LogP contribution in [0.3, 0.4) is 0 Å². The largest absolute Gasteiger partial charge is 0.466 e. The molecule has 2 aliphatic rings. The van der Waals surface area contributed by atoms with Crippen molar-refractivity contribution < 1.29 is 26.4 Å². The Hall–Kier alpha value is -1.73. The van der Waals surface area contributed by atoms with E-state index in [1.165, 1.54) is 16.4 Å². The van der Waals surface area contributed by atoms with E-state index in [1.54, 1.807) is 26.8 Å². The highest BCUT2D eigenvalue weighted by Crippen LogP contribution is 2.28. The van der Waals surface area contributed by atoms with Gasteiger partial charge >= 0.3 is 5.97 Å². The summed E-state index contributed by atoms with van der Waals surface area (Å²) in [4.78, 5) is 12.4. The number of hydrazine groups is 1. The molecule has 12 heteroatoms. The Morgan fingerprint density at radius 2 is 1.78 bits per heavy atom. The van der Waals surface area contributed by atoms with Crippen LogP contribution in [0.15, 0.2) is 23.1 Å². The number of carbonyl (C=O) groups is 1. The molecular formula is C20H32N4O6S2. The van der Waals surface area contributed by atoms with Crippen LogP contribution < -0.4 is 15.6 Å². The van der Waals surface area contributed by atoms with Gasteiger partial charge in [-0.25, -0.2) is 22.3 Å². The van der Waals surface area contributed by atoms with Gasteiger partial charge in [0, 0.05) is 24.8 Å². The second kappa shape index (κ2) is 10.0. The Morgan fingerprint density at radius 3 is 2.41 bits per heavy atom. The third-order valence-electron chi connectivity index (χ3n) is 5.84. The number of carbonyl (C=O) groups excluding carboxylic acids is 1. The minimum Gasteiger partial charge on any atom is -0.466 e. The number of esters is 1. The zero-order valence-electron chi connectivity index (χ0n) is 18.6. The Labute approximate surface area is 190 Å². The fourth-order valence-electron chi connectivity index (χ4n) is 4.08. The highest BCUT2D eigenvalue weighted by Gasteiger charge is 2.47. The summed E-state index contributed by atoms with van der Waals surface area (Å²) < 4.78 is 61.6. The summed E-state index contributed by atoms with van der Waals surface area (Å²) in [6.07, 6.45) is 3.59. The molecule has 3 rings (SSSR count). The number of benzene rings is 1. The molecule has 0 bridgehead atoms. The summed E-state index contributed by atoms with van der Waals surface area (Å²) in [5, 5.41) is -1.27. The van der Waals surface area contributed by atoms with Crippen LogP contribution in [0, 0.1) is 12.8 Å². The molecule has 0 aliphatic carbocycles. The molecule has 1 aromatic carbocycles. The van der Waals surface area contributed by atoms with E-state index in [1.807, 2.05) is 0 Å². The standard InChI is InChI=1S/C20H32N4O6S2/c1-4-30-20(25)18-15(3)21-22-19(18)31(26,27)23-16-10-9-14(2)17(13-16)32(28,29)24-11-7-5-6-8-12-24/h9-10,13,15,18-19,21-23H,4-8,11-12H2,1-3H3. The van der Waals surface area contributed by atoms with Gasteiger partial charge in [0.15, 0.2) is 5.37 Å². The zero-order valence-corrected chi connectivity index (χ0v) is 20.3. The maximum Gasteiger partial charge on any atom is 0.313 e. The first-order valence-electron chi connectivity index (χ1n) is 10.9. The number of nitrogens with zero attached hydrogens (tertiary/aromatic N) is 1. The predicted octanol–water partition coefficient (Wildman–Crippen LogP) is 1.30. The lowest BCUT2D eigenvalue weighted by Gasteiger charge is -2.23. The SMILES string of the molecule is CCOC(=O)C1C(C)NNC1S(=O)(=O)Nc1ccc(C)c(S(=O)(=O)N2CCCCCC2)c1. The molecule has 180 valence electrons. The van der Waals surface area contributed by atoms with E-state index in [0.29, 0.717) is 18.7 Å².